The number of phosphoric ester groups is 1. The van der Waals surface area contributed by atoms with Crippen LogP contribution in [0.25, 0.3) is 0 Å². The van der Waals surface area contributed by atoms with E-state index in [9.17, 15) is 38.2 Å². The van der Waals surface area contributed by atoms with Crippen molar-refractivity contribution in [3.63, 3.8) is 0 Å². The summed E-state index contributed by atoms with van der Waals surface area (Å²) in [5, 5.41) is 0. The molecule has 0 radical (unpaired) electrons. The lowest BCUT2D eigenvalue weighted by atomic mass is 10.1. The average molecular weight is 1080 g/mol. The lowest BCUT2D eigenvalue weighted by Crippen LogP contribution is -2.31. The average Bonchev–Trinajstić information content (AvgIpc) is 3.40. The molecule has 0 amide bonds. The van der Waals surface area contributed by atoms with Crippen molar-refractivity contribution in [2.24, 2.45) is 0 Å². The van der Waals surface area contributed by atoms with Crippen LogP contribution in [0.3, 0.4) is 0 Å². The number of carbonyl (C=O) groups is 6. The highest BCUT2D eigenvalue weighted by Gasteiger charge is 2.29. The highest BCUT2D eigenvalue weighted by Crippen LogP contribution is 2.43. The van der Waals surface area contributed by atoms with Gasteiger partial charge in [0.1, 0.15) is 26.4 Å². The van der Waals surface area contributed by atoms with Gasteiger partial charge in [-0.1, -0.05) is 203 Å². The molecule has 0 fully saturated rings. The van der Waals surface area contributed by atoms with E-state index in [1.54, 1.807) is 0 Å². The SMILES string of the molecule is CCCCCCCCCCCCCC(=O)OC[C@H](COP(=O)(O)OCC(COC(=O)CCCC(=O)OCc1ccccc1)OC(=O)CCCC(=O)OCc1ccccc1)OC(=O)CCCCCCCCCCCCC. The van der Waals surface area contributed by atoms with E-state index in [1.165, 1.54) is 83.5 Å². The maximum Gasteiger partial charge on any atom is 0.472 e. The van der Waals surface area contributed by atoms with E-state index >= 15 is 0 Å². The van der Waals surface area contributed by atoms with Gasteiger partial charge in [-0.15, -0.1) is 0 Å². The third-order valence-electron chi connectivity index (χ3n) is 12.3. The van der Waals surface area contributed by atoms with Crippen LogP contribution in [0.15, 0.2) is 60.7 Å². The Labute approximate surface area is 447 Å². The molecular formula is C58H91O16P. The largest absolute Gasteiger partial charge is 0.472 e. The van der Waals surface area contributed by atoms with Crippen LogP contribution in [0.5, 0.6) is 0 Å². The molecule has 0 heterocycles. The molecule has 75 heavy (non-hydrogen) atoms. The fourth-order valence-electron chi connectivity index (χ4n) is 7.87. The third kappa shape index (κ3) is 39.4. The van der Waals surface area contributed by atoms with Gasteiger partial charge in [-0.25, -0.2) is 4.57 Å². The number of rotatable bonds is 48. The van der Waals surface area contributed by atoms with Crippen molar-refractivity contribution in [1.29, 1.82) is 0 Å². The first-order chi connectivity index (χ1) is 36.4. The molecule has 0 aliphatic carbocycles. The van der Waals surface area contributed by atoms with Crippen molar-refractivity contribution >= 4 is 43.6 Å². The van der Waals surface area contributed by atoms with E-state index in [0.29, 0.717) is 12.8 Å². The quantitative estimate of drug-likeness (QED) is 0.0282. The maximum atomic E-state index is 13.3. The molecule has 2 aromatic rings. The van der Waals surface area contributed by atoms with E-state index in [0.717, 1.165) is 56.1 Å². The van der Waals surface area contributed by atoms with Crippen LogP contribution in [0.1, 0.15) is 218 Å². The Morgan fingerprint density at radius 1 is 0.373 bits per heavy atom. The zero-order valence-electron chi connectivity index (χ0n) is 45.4. The second-order valence-electron chi connectivity index (χ2n) is 19.2. The first-order valence-corrected chi connectivity index (χ1v) is 29.6. The van der Waals surface area contributed by atoms with Crippen molar-refractivity contribution < 1.29 is 75.7 Å². The van der Waals surface area contributed by atoms with Crippen LogP contribution in [-0.2, 0) is 84.0 Å². The van der Waals surface area contributed by atoms with Crippen molar-refractivity contribution in [3.05, 3.63) is 71.8 Å². The molecule has 0 saturated carbocycles. The highest BCUT2D eigenvalue weighted by molar-refractivity contribution is 7.47. The van der Waals surface area contributed by atoms with Gasteiger partial charge in [0.2, 0.25) is 0 Å². The molecule has 0 spiro atoms. The van der Waals surface area contributed by atoms with E-state index in [2.05, 4.69) is 13.8 Å². The summed E-state index contributed by atoms with van der Waals surface area (Å²) < 4.78 is 56.0. The van der Waals surface area contributed by atoms with E-state index in [1.807, 2.05) is 60.7 Å². The van der Waals surface area contributed by atoms with Crippen LogP contribution >= 0.6 is 7.82 Å². The molecule has 2 aromatic carbocycles. The lowest BCUT2D eigenvalue weighted by Gasteiger charge is -2.22. The van der Waals surface area contributed by atoms with Crippen LogP contribution in [-0.4, -0.2) is 79.3 Å². The van der Waals surface area contributed by atoms with Gasteiger partial charge in [-0.2, -0.15) is 0 Å². The number of benzene rings is 2. The number of esters is 6. The lowest BCUT2D eigenvalue weighted by molar-refractivity contribution is -0.162. The molecule has 0 aliphatic heterocycles. The molecule has 16 nitrogen and oxygen atoms in total. The number of phosphoric acid groups is 1. The van der Waals surface area contributed by atoms with Crippen molar-refractivity contribution in [3.8, 4) is 0 Å². The van der Waals surface area contributed by atoms with Crippen LogP contribution in [0.2, 0.25) is 0 Å². The first-order valence-electron chi connectivity index (χ1n) is 28.1. The standard InChI is InChI=1S/C58H91O16P/c1-3-5-7-9-11-13-15-17-19-21-29-37-53(59)69-45-51(73-57(63)38-30-22-20-18-16-14-12-10-8-6-4-2)47-71-75(65,66)72-48-52(74-58(64)42-32-41-55(61)68-44-50-35-27-24-28-36-50)46-70-56(62)40-31-39-54(60)67-43-49-33-25-23-26-34-49/h23-28,33-36,51-52H,3-22,29-32,37-48H2,1-2H3,(H,65,66)/t51-,52?/m1/s1. The van der Waals surface area contributed by atoms with Gasteiger partial charge in [0, 0.05) is 38.5 Å². The Kier molecular flexibility index (Phi) is 39.4. The third-order valence-corrected chi connectivity index (χ3v) is 13.2. The molecule has 2 unspecified atom stereocenters. The molecular weight excluding hydrogens is 984 g/mol. The zero-order valence-corrected chi connectivity index (χ0v) is 46.3. The van der Waals surface area contributed by atoms with Crippen LogP contribution < -0.4 is 0 Å². The summed E-state index contributed by atoms with van der Waals surface area (Å²) in [6, 6.07) is 18.2. The predicted molar refractivity (Wildman–Crippen MR) is 286 cm³/mol. The van der Waals surface area contributed by atoms with Crippen LogP contribution in [0.4, 0.5) is 0 Å². The van der Waals surface area contributed by atoms with Gasteiger partial charge in [0.15, 0.2) is 12.2 Å². The molecule has 0 aromatic heterocycles. The highest BCUT2D eigenvalue weighted by atomic mass is 31.2. The zero-order chi connectivity index (χ0) is 54.5. The molecule has 424 valence electrons. The minimum atomic E-state index is -4.97. The van der Waals surface area contributed by atoms with Crippen LogP contribution in [0, 0.1) is 0 Å². The van der Waals surface area contributed by atoms with Gasteiger partial charge in [0.25, 0.3) is 0 Å². The summed E-state index contributed by atoms with van der Waals surface area (Å²) >= 11 is 0. The number of hydrogen-bond donors (Lipinski definition) is 1. The topological polar surface area (TPSA) is 214 Å². The Morgan fingerprint density at radius 3 is 1.00 bits per heavy atom. The van der Waals surface area contributed by atoms with Gasteiger partial charge >= 0.3 is 43.6 Å². The molecule has 2 rings (SSSR count). The fraction of sp³-hybridized carbons (Fsp3) is 0.690. The Balaban J connectivity index is 1.95. The van der Waals surface area contributed by atoms with E-state index in [-0.39, 0.29) is 64.6 Å². The van der Waals surface area contributed by atoms with Gasteiger partial charge in [-0.3, -0.25) is 37.8 Å². The summed E-state index contributed by atoms with van der Waals surface area (Å²) in [6.45, 7) is 2.13. The van der Waals surface area contributed by atoms with Gasteiger partial charge in [-0.05, 0) is 36.8 Å². The number of unbranched alkanes of at least 4 members (excludes halogenated alkanes) is 20. The van der Waals surface area contributed by atoms with Crippen molar-refractivity contribution in [2.45, 2.75) is 232 Å². The molecule has 17 heteroatoms. The summed E-state index contributed by atoms with van der Waals surface area (Å²) in [6.07, 6.45) is 21.8. The Bertz CT molecular complexity index is 1860. The van der Waals surface area contributed by atoms with E-state index < -0.39 is 82.3 Å². The van der Waals surface area contributed by atoms with Crippen molar-refractivity contribution in [2.75, 3.05) is 26.4 Å². The smallest absolute Gasteiger partial charge is 0.462 e. The minimum absolute atomic E-state index is 0.0590. The molecule has 1 N–H and O–H groups in total. The second-order valence-corrected chi connectivity index (χ2v) is 20.7. The summed E-state index contributed by atoms with van der Waals surface area (Å²) in [5.41, 5.74) is 1.61. The Hall–Kier alpha value is -4.63. The minimum Gasteiger partial charge on any atom is -0.462 e. The van der Waals surface area contributed by atoms with Gasteiger partial charge in [0.05, 0.1) is 13.2 Å². The van der Waals surface area contributed by atoms with Gasteiger partial charge < -0.3 is 33.3 Å². The summed E-state index contributed by atoms with van der Waals surface area (Å²) in [7, 11) is -4.97. The first kappa shape index (κ1) is 66.5. The van der Waals surface area contributed by atoms with E-state index in [4.69, 9.17) is 37.5 Å². The second kappa shape index (κ2) is 44.5. The normalized spacial score (nSPS) is 12.7. The fourth-order valence-corrected chi connectivity index (χ4v) is 8.66. The molecule has 0 bridgehead atoms. The summed E-state index contributed by atoms with van der Waals surface area (Å²) in [4.78, 5) is 86.7. The number of carbonyl (C=O) groups excluding carboxylic acids is 6. The molecule has 3 atom stereocenters. The monoisotopic (exact) mass is 1070 g/mol. The number of ether oxygens (including phenoxy) is 6. The maximum absolute atomic E-state index is 13.3. The van der Waals surface area contributed by atoms with Crippen molar-refractivity contribution in [1.82, 2.24) is 0 Å². The molecule has 0 saturated heterocycles. The summed E-state index contributed by atoms with van der Waals surface area (Å²) in [5.74, 6) is -3.66. The Morgan fingerprint density at radius 2 is 0.653 bits per heavy atom. The predicted octanol–water partition coefficient (Wildman–Crippen LogP) is 13.3. The number of hydrogen-bond acceptors (Lipinski definition) is 15. The molecule has 0 aliphatic rings.